The van der Waals surface area contributed by atoms with Crippen molar-refractivity contribution in [3.8, 4) is 0 Å². The number of fused-ring (bicyclic) bond motifs is 2. The Morgan fingerprint density at radius 3 is 2.94 bits per heavy atom. The molecule has 2 nitrogen and oxygen atoms in total. The normalized spacial score (nSPS) is 49.1. The molecule has 0 spiro atoms. The summed E-state index contributed by atoms with van der Waals surface area (Å²) in [6.07, 6.45) is 7.20. The fourth-order valence-corrected chi connectivity index (χ4v) is 4.07. The smallest absolute Gasteiger partial charge is 0.309 e. The quantitative estimate of drug-likeness (QED) is 0.475. The van der Waals surface area contributed by atoms with Crippen molar-refractivity contribution in [3.63, 3.8) is 0 Å². The molecule has 0 aromatic rings. The number of carbonyl (C=O) groups excluding carboxylic acids is 1. The van der Waals surface area contributed by atoms with E-state index in [0.29, 0.717) is 11.3 Å². The highest BCUT2D eigenvalue weighted by Gasteiger charge is 2.52. The molecule has 94 valence electrons. The van der Waals surface area contributed by atoms with Gasteiger partial charge in [0, 0.05) is 12.3 Å². The van der Waals surface area contributed by atoms with Gasteiger partial charge in [-0.2, -0.15) is 0 Å². The van der Waals surface area contributed by atoms with E-state index in [0.717, 1.165) is 18.8 Å². The summed E-state index contributed by atoms with van der Waals surface area (Å²) in [6.45, 7) is 6.81. The van der Waals surface area contributed by atoms with Gasteiger partial charge < -0.3 is 4.74 Å². The first-order chi connectivity index (χ1) is 8.02. The Balaban J connectivity index is 1.93. The van der Waals surface area contributed by atoms with E-state index in [2.05, 4.69) is 19.9 Å². The summed E-state index contributed by atoms with van der Waals surface area (Å²) in [7, 11) is 0. The van der Waals surface area contributed by atoms with Gasteiger partial charge in [0.05, 0.1) is 5.92 Å². The summed E-state index contributed by atoms with van der Waals surface area (Å²) in [6, 6.07) is 0. The standard InChI is InChI=1S/C15H22O2/c1-9-5-4-6-11-7-13-12(8-15(9,11)3)10(2)14(16)17-13/h6,9-10,12-13H,4-5,7-8H2,1-3H3. The van der Waals surface area contributed by atoms with Crippen molar-refractivity contribution < 1.29 is 9.53 Å². The molecule has 0 radical (unpaired) electrons. The largest absolute Gasteiger partial charge is 0.461 e. The van der Waals surface area contributed by atoms with Crippen LogP contribution in [0.2, 0.25) is 0 Å². The van der Waals surface area contributed by atoms with E-state index in [1.807, 2.05) is 6.92 Å². The van der Waals surface area contributed by atoms with Crippen LogP contribution in [0.4, 0.5) is 0 Å². The van der Waals surface area contributed by atoms with Crippen LogP contribution in [0.5, 0.6) is 0 Å². The van der Waals surface area contributed by atoms with Gasteiger partial charge in [0.25, 0.3) is 0 Å². The zero-order chi connectivity index (χ0) is 12.2. The van der Waals surface area contributed by atoms with Crippen molar-refractivity contribution in [2.24, 2.45) is 23.2 Å². The number of hydrogen-bond donors (Lipinski definition) is 0. The summed E-state index contributed by atoms with van der Waals surface area (Å²) in [5.74, 6) is 1.32. The number of hydrogen-bond acceptors (Lipinski definition) is 2. The molecule has 0 amide bonds. The Bertz CT molecular complexity index is 384. The first-order valence-corrected chi connectivity index (χ1v) is 6.92. The number of allylic oxidation sites excluding steroid dienone is 1. The highest BCUT2D eigenvalue weighted by molar-refractivity contribution is 5.75. The molecule has 2 fully saturated rings. The van der Waals surface area contributed by atoms with E-state index < -0.39 is 0 Å². The third-order valence-electron chi connectivity index (χ3n) is 5.65. The highest BCUT2D eigenvalue weighted by atomic mass is 16.6. The predicted octanol–water partition coefficient (Wildman–Crippen LogP) is 3.32. The lowest BCUT2D eigenvalue weighted by atomic mass is 9.57. The van der Waals surface area contributed by atoms with E-state index >= 15 is 0 Å². The summed E-state index contributed by atoms with van der Waals surface area (Å²) >= 11 is 0. The topological polar surface area (TPSA) is 26.3 Å². The lowest BCUT2D eigenvalue weighted by Gasteiger charge is -2.48. The van der Waals surface area contributed by atoms with Gasteiger partial charge in [-0.25, -0.2) is 0 Å². The number of ether oxygens (including phenoxy) is 1. The second kappa shape index (κ2) is 3.60. The number of carbonyl (C=O) groups is 1. The molecule has 3 rings (SSSR count). The van der Waals surface area contributed by atoms with Gasteiger partial charge in [0.2, 0.25) is 0 Å². The Labute approximate surface area is 103 Å². The van der Waals surface area contributed by atoms with Crippen molar-refractivity contribution >= 4 is 5.97 Å². The van der Waals surface area contributed by atoms with E-state index in [9.17, 15) is 4.79 Å². The van der Waals surface area contributed by atoms with Crippen LogP contribution in [0.3, 0.4) is 0 Å². The molecule has 0 N–H and O–H groups in total. The van der Waals surface area contributed by atoms with Crippen molar-refractivity contribution in [2.75, 3.05) is 0 Å². The maximum Gasteiger partial charge on any atom is 0.309 e. The third-order valence-corrected chi connectivity index (χ3v) is 5.65. The minimum absolute atomic E-state index is 0.0236. The average molecular weight is 234 g/mol. The first-order valence-electron chi connectivity index (χ1n) is 6.92. The van der Waals surface area contributed by atoms with Gasteiger partial charge in [0.15, 0.2) is 0 Å². The predicted molar refractivity (Wildman–Crippen MR) is 66.4 cm³/mol. The third kappa shape index (κ3) is 1.49. The van der Waals surface area contributed by atoms with E-state index in [-0.39, 0.29) is 18.0 Å². The maximum atomic E-state index is 11.7. The summed E-state index contributed by atoms with van der Waals surface area (Å²) in [4.78, 5) is 11.7. The average Bonchev–Trinajstić information content (AvgIpc) is 2.55. The monoisotopic (exact) mass is 234 g/mol. The number of esters is 1. The maximum absolute atomic E-state index is 11.7. The Hall–Kier alpha value is -0.790. The molecule has 17 heavy (non-hydrogen) atoms. The molecule has 2 heteroatoms. The van der Waals surface area contributed by atoms with Crippen molar-refractivity contribution in [2.45, 2.75) is 52.6 Å². The van der Waals surface area contributed by atoms with Gasteiger partial charge in [-0.1, -0.05) is 32.4 Å². The van der Waals surface area contributed by atoms with Crippen LogP contribution in [0, 0.1) is 23.2 Å². The van der Waals surface area contributed by atoms with Crippen LogP contribution >= 0.6 is 0 Å². The lowest BCUT2D eigenvalue weighted by molar-refractivity contribution is -0.144. The van der Waals surface area contributed by atoms with Crippen LogP contribution in [-0.2, 0) is 9.53 Å². The van der Waals surface area contributed by atoms with Gasteiger partial charge in [-0.15, -0.1) is 0 Å². The SMILES string of the molecule is CC1C(=O)OC2CC3=CCCC(C)C3(C)CC21. The molecule has 1 saturated carbocycles. The number of rotatable bonds is 0. The summed E-state index contributed by atoms with van der Waals surface area (Å²) in [5.41, 5.74) is 1.88. The van der Waals surface area contributed by atoms with E-state index in [4.69, 9.17) is 4.74 Å². The molecule has 2 aliphatic carbocycles. The Morgan fingerprint density at radius 1 is 1.41 bits per heavy atom. The highest BCUT2D eigenvalue weighted by Crippen LogP contribution is 2.55. The van der Waals surface area contributed by atoms with Gasteiger partial charge >= 0.3 is 5.97 Å². The zero-order valence-electron chi connectivity index (χ0n) is 11.0. The summed E-state index contributed by atoms with van der Waals surface area (Å²) < 4.78 is 5.53. The lowest BCUT2D eigenvalue weighted by Crippen LogP contribution is -2.41. The van der Waals surface area contributed by atoms with Crippen LogP contribution in [0.1, 0.15) is 46.5 Å². The fourth-order valence-electron chi connectivity index (χ4n) is 4.07. The first kappa shape index (κ1) is 11.3. The molecular weight excluding hydrogens is 212 g/mol. The molecular formula is C15H22O2. The second-order valence-corrected chi connectivity index (χ2v) is 6.46. The Kier molecular flexibility index (Phi) is 2.39. The summed E-state index contributed by atoms with van der Waals surface area (Å²) in [5, 5.41) is 0. The molecule has 5 atom stereocenters. The van der Waals surface area contributed by atoms with Gasteiger partial charge in [0.1, 0.15) is 6.10 Å². The molecule has 0 bridgehead atoms. The molecule has 5 unspecified atom stereocenters. The van der Waals surface area contributed by atoms with E-state index in [1.165, 1.54) is 12.8 Å². The van der Waals surface area contributed by atoms with Crippen LogP contribution in [-0.4, -0.2) is 12.1 Å². The van der Waals surface area contributed by atoms with Crippen molar-refractivity contribution in [1.82, 2.24) is 0 Å². The molecule has 1 saturated heterocycles. The fraction of sp³-hybridized carbons (Fsp3) is 0.800. The van der Waals surface area contributed by atoms with Gasteiger partial charge in [-0.3, -0.25) is 4.79 Å². The molecule has 1 aliphatic heterocycles. The van der Waals surface area contributed by atoms with Crippen molar-refractivity contribution in [1.29, 1.82) is 0 Å². The molecule has 1 heterocycles. The molecule has 0 aromatic heterocycles. The minimum Gasteiger partial charge on any atom is -0.461 e. The molecule has 3 aliphatic rings. The Morgan fingerprint density at radius 2 is 2.18 bits per heavy atom. The van der Waals surface area contributed by atoms with Crippen LogP contribution in [0.25, 0.3) is 0 Å². The van der Waals surface area contributed by atoms with Crippen molar-refractivity contribution in [3.05, 3.63) is 11.6 Å². The van der Waals surface area contributed by atoms with E-state index in [1.54, 1.807) is 5.57 Å². The van der Waals surface area contributed by atoms with Crippen LogP contribution < -0.4 is 0 Å². The van der Waals surface area contributed by atoms with Gasteiger partial charge in [-0.05, 0) is 30.6 Å². The molecule has 0 aromatic carbocycles. The van der Waals surface area contributed by atoms with Crippen LogP contribution in [0.15, 0.2) is 11.6 Å². The second-order valence-electron chi connectivity index (χ2n) is 6.46. The zero-order valence-corrected chi connectivity index (χ0v) is 11.0. The minimum atomic E-state index is 0.0236.